The van der Waals surface area contributed by atoms with Crippen LogP contribution in [0.4, 0.5) is 0 Å². The number of ketones is 1. The minimum absolute atomic E-state index is 0.122. The normalized spacial score (nSPS) is 10.8. The lowest BCUT2D eigenvalue weighted by Gasteiger charge is -2.26. The molecule has 0 amide bonds. The van der Waals surface area contributed by atoms with E-state index in [-0.39, 0.29) is 5.78 Å². The lowest BCUT2D eigenvalue weighted by Crippen LogP contribution is -2.34. The van der Waals surface area contributed by atoms with Crippen LogP contribution in [0, 0.1) is 16.7 Å². The van der Waals surface area contributed by atoms with E-state index in [0.717, 1.165) is 11.1 Å². The molecule has 0 saturated carbocycles. The smallest absolute Gasteiger partial charge is 0.183 e. The summed E-state index contributed by atoms with van der Waals surface area (Å²) < 4.78 is 0. The number of benzene rings is 3. The van der Waals surface area contributed by atoms with Crippen molar-refractivity contribution in [3.05, 3.63) is 108 Å². The molecule has 0 aliphatic heterocycles. The predicted molar refractivity (Wildman–Crippen MR) is 99.1 cm³/mol. The van der Waals surface area contributed by atoms with E-state index in [2.05, 4.69) is 6.07 Å². The predicted octanol–water partition coefficient (Wildman–Crippen LogP) is 4.86. The molecule has 3 aromatic carbocycles. The summed E-state index contributed by atoms with van der Waals surface area (Å²) in [5, 5.41) is 10.1. The molecule has 0 bridgehead atoms. The van der Waals surface area contributed by atoms with E-state index in [1.165, 1.54) is 0 Å². The van der Waals surface area contributed by atoms with Crippen molar-refractivity contribution in [1.82, 2.24) is 0 Å². The first-order valence-corrected chi connectivity index (χ1v) is 8.32. The molecule has 0 atom stereocenters. The molecule has 2 nitrogen and oxygen atoms in total. The summed E-state index contributed by atoms with van der Waals surface area (Å²) in [5.41, 5.74) is 1.44. The SMILES string of the molecule is N#CC(Cc1ccccc1)(Cc1ccccc1)C(=O)c1ccccc1. The molecule has 25 heavy (non-hydrogen) atoms. The molecular formula is C23H19NO. The van der Waals surface area contributed by atoms with Gasteiger partial charge in [-0.1, -0.05) is 91.0 Å². The van der Waals surface area contributed by atoms with Crippen LogP contribution in [0.2, 0.25) is 0 Å². The second kappa shape index (κ2) is 7.59. The number of rotatable bonds is 6. The van der Waals surface area contributed by atoms with Crippen molar-refractivity contribution in [3.63, 3.8) is 0 Å². The van der Waals surface area contributed by atoms with Gasteiger partial charge in [0, 0.05) is 5.56 Å². The summed E-state index contributed by atoms with van der Waals surface area (Å²) in [6, 6.07) is 31.0. The fourth-order valence-electron chi connectivity index (χ4n) is 3.11. The van der Waals surface area contributed by atoms with Crippen molar-refractivity contribution in [3.8, 4) is 6.07 Å². The van der Waals surface area contributed by atoms with Crippen molar-refractivity contribution in [2.24, 2.45) is 5.41 Å². The minimum atomic E-state index is -1.12. The minimum Gasteiger partial charge on any atom is -0.292 e. The van der Waals surface area contributed by atoms with E-state index >= 15 is 0 Å². The molecular weight excluding hydrogens is 306 g/mol. The van der Waals surface area contributed by atoms with Gasteiger partial charge in [-0.15, -0.1) is 0 Å². The highest BCUT2D eigenvalue weighted by Crippen LogP contribution is 2.31. The van der Waals surface area contributed by atoms with Crippen LogP contribution >= 0.6 is 0 Å². The van der Waals surface area contributed by atoms with Crippen LogP contribution in [0.15, 0.2) is 91.0 Å². The summed E-state index contributed by atoms with van der Waals surface area (Å²) in [4.78, 5) is 13.3. The van der Waals surface area contributed by atoms with E-state index < -0.39 is 5.41 Å². The number of carbonyl (C=O) groups excluding carboxylic acids is 1. The Morgan fingerprint density at radius 1 is 0.720 bits per heavy atom. The van der Waals surface area contributed by atoms with E-state index in [0.29, 0.717) is 18.4 Å². The Morgan fingerprint density at radius 3 is 1.52 bits per heavy atom. The molecule has 0 heterocycles. The molecule has 3 aromatic rings. The van der Waals surface area contributed by atoms with Crippen LogP contribution in [-0.2, 0) is 12.8 Å². The Labute approximate surface area is 148 Å². The second-order valence-electron chi connectivity index (χ2n) is 6.21. The largest absolute Gasteiger partial charge is 0.292 e. The molecule has 0 N–H and O–H groups in total. The van der Waals surface area contributed by atoms with E-state index in [4.69, 9.17) is 0 Å². The van der Waals surface area contributed by atoms with Gasteiger partial charge in [-0.25, -0.2) is 0 Å². The van der Waals surface area contributed by atoms with E-state index in [1.54, 1.807) is 12.1 Å². The second-order valence-corrected chi connectivity index (χ2v) is 6.21. The van der Waals surface area contributed by atoms with Crippen LogP contribution in [0.25, 0.3) is 0 Å². The van der Waals surface area contributed by atoms with Crippen LogP contribution in [0.3, 0.4) is 0 Å². The first-order chi connectivity index (χ1) is 12.2. The summed E-state index contributed by atoms with van der Waals surface area (Å²) in [5.74, 6) is -0.122. The number of nitrogens with zero attached hydrogens (tertiary/aromatic N) is 1. The molecule has 0 radical (unpaired) electrons. The highest BCUT2D eigenvalue weighted by atomic mass is 16.1. The number of nitriles is 1. The number of carbonyl (C=O) groups is 1. The first-order valence-electron chi connectivity index (χ1n) is 8.32. The van der Waals surface area contributed by atoms with Crippen molar-refractivity contribution in [2.75, 3.05) is 0 Å². The topological polar surface area (TPSA) is 40.9 Å². The molecule has 0 aliphatic rings. The van der Waals surface area contributed by atoms with Gasteiger partial charge in [0.05, 0.1) is 6.07 Å². The molecule has 0 aliphatic carbocycles. The fourth-order valence-corrected chi connectivity index (χ4v) is 3.11. The highest BCUT2D eigenvalue weighted by molar-refractivity contribution is 6.02. The average molecular weight is 325 g/mol. The first kappa shape index (κ1) is 16.7. The summed E-state index contributed by atoms with van der Waals surface area (Å²) in [6.07, 6.45) is 0.792. The van der Waals surface area contributed by atoms with Crippen LogP contribution < -0.4 is 0 Å². The highest BCUT2D eigenvalue weighted by Gasteiger charge is 2.39. The quantitative estimate of drug-likeness (QED) is 0.607. The molecule has 0 aromatic heterocycles. The van der Waals surface area contributed by atoms with Crippen molar-refractivity contribution in [2.45, 2.75) is 12.8 Å². The summed E-state index contributed by atoms with van der Waals surface area (Å²) >= 11 is 0. The van der Waals surface area contributed by atoms with E-state index in [1.807, 2.05) is 78.9 Å². The van der Waals surface area contributed by atoms with Gasteiger partial charge in [-0.3, -0.25) is 4.79 Å². The molecule has 3 rings (SSSR count). The third kappa shape index (κ3) is 3.84. The van der Waals surface area contributed by atoms with Gasteiger partial charge in [0.15, 0.2) is 5.78 Å². The molecule has 0 fully saturated rings. The van der Waals surface area contributed by atoms with Gasteiger partial charge >= 0.3 is 0 Å². The van der Waals surface area contributed by atoms with Crippen LogP contribution in [0.5, 0.6) is 0 Å². The Balaban J connectivity index is 2.03. The lowest BCUT2D eigenvalue weighted by molar-refractivity contribution is 0.0858. The van der Waals surface area contributed by atoms with E-state index in [9.17, 15) is 10.1 Å². The monoisotopic (exact) mass is 325 g/mol. The molecule has 2 heteroatoms. The number of hydrogen-bond donors (Lipinski definition) is 0. The molecule has 0 unspecified atom stereocenters. The Bertz CT molecular complexity index is 823. The van der Waals surface area contributed by atoms with Crippen molar-refractivity contribution >= 4 is 5.78 Å². The standard InChI is InChI=1S/C23H19NO/c24-18-23(16-19-10-4-1-5-11-19,17-20-12-6-2-7-13-20)22(25)21-14-8-3-9-15-21/h1-15H,16-17H2. The zero-order valence-corrected chi connectivity index (χ0v) is 13.9. The van der Waals surface area contributed by atoms with Gasteiger partial charge < -0.3 is 0 Å². The van der Waals surface area contributed by atoms with Gasteiger partial charge in [-0.2, -0.15) is 5.26 Å². The lowest BCUT2D eigenvalue weighted by atomic mass is 9.72. The third-order valence-electron chi connectivity index (χ3n) is 4.38. The number of Topliss-reactive ketones (excluding diaryl/α,β-unsaturated/α-hetero) is 1. The summed E-state index contributed by atoms with van der Waals surface area (Å²) in [7, 11) is 0. The van der Waals surface area contributed by atoms with Crippen molar-refractivity contribution < 1.29 is 4.79 Å². The Kier molecular flexibility index (Phi) is 5.06. The number of hydrogen-bond acceptors (Lipinski definition) is 2. The Morgan fingerprint density at radius 2 is 1.12 bits per heavy atom. The molecule has 122 valence electrons. The maximum atomic E-state index is 13.3. The van der Waals surface area contributed by atoms with Gasteiger partial charge in [-0.05, 0) is 24.0 Å². The van der Waals surface area contributed by atoms with Gasteiger partial charge in [0.2, 0.25) is 0 Å². The zero-order valence-electron chi connectivity index (χ0n) is 13.9. The average Bonchev–Trinajstić information content (AvgIpc) is 2.69. The zero-order chi connectivity index (χ0) is 17.5. The molecule has 0 saturated heterocycles. The Hall–Kier alpha value is -3.18. The maximum absolute atomic E-state index is 13.3. The van der Waals surface area contributed by atoms with Crippen molar-refractivity contribution in [1.29, 1.82) is 5.26 Å². The van der Waals surface area contributed by atoms with Crippen LogP contribution in [-0.4, -0.2) is 5.78 Å². The maximum Gasteiger partial charge on any atom is 0.183 e. The third-order valence-corrected chi connectivity index (χ3v) is 4.38. The molecule has 0 spiro atoms. The van der Waals surface area contributed by atoms with Crippen LogP contribution in [0.1, 0.15) is 21.5 Å². The summed E-state index contributed by atoms with van der Waals surface area (Å²) in [6.45, 7) is 0. The van der Waals surface area contributed by atoms with Gasteiger partial charge in [0.1, 0.15) is 5.41 Å². The fraction of sp³-hybridized carbons (Fsp3) is 0.130. The van der Waals surface area contributed by atoms with Gasteiger partial charge in [0.25, 0.3) is 0 Å².